The molecule has 0 saturated heterocycles. The number of hydrogen-bond acceptors (Lipinski definition) is 8. The number of ketones is 1. The molecule has 0 saturated carbocycles. The maximum absolute atomic E-state index is 12.5. The maximum Gasteiger partial charge on any atom is 0.573 e. The fourth-order valence-electron chi connectivity index (χ4n) is 3.77. The number of carbonyl (C=O) groups is 1. The summed E-state index contributed by atoms with van der Waals surface area (Å²) >= 11 is 0. The van der Waals surface area contributed by atoms with Gasteiger partial charge in [-0.3, -0.25) is 4.79 Å². The van der Waals surface area contributed by atoms with Crippen LogP contribution >= 0.6 is 0 Å². The molecular weight excluding hydrogens is 547 g/mol. The summed E-state index contributed by atoms with van der Waals surface area (Å²) in [6, 6.07) is 20.2. The fraction of sp³-hybridized carbons (Fsp3) is 0.148. The Morgan fingerprint density at radius 1 is 0.975 bits per heavy atom. The number of nitrogens with two attached hydrogens (primary N) is 1. The van der Waals surface area contributed by atoms with Gasteiger partial charge in [-0.25, -0.2) is 18.5 Å². The standard InChI is InChI=1S/C27H24F3N5O4S/c1-35(25-13-14-32-26(34-25)33-20-3-2-4-24(17-20)40(31,37)38)21-9-5-18(6-10-21)15-22(36)16-19-7-11-23(12-8-19)39-27(28,29)30/h2-14,17H,15-16H2,1H3,(H2,31,37,38)(H,32,33,34). The molecule has 0 aliphatic heterocycles. The maximum atomic E-state index is 12.5. The number of ether oxygens (including phenoxy) is 1. The summed E-state index contributed by atoms with van der Waals surface area (Å²) in [6.45, 7) is 0. The van der Waals surface area contributed by atoms with Crippen LogP contribution in [-0.2, 0) is 27.7 Å². The number of halogens is 3. The topological polar surface area (TPSA) is 128 Å². The first kappa shape index (κ1) is 28.5. The van der Waals surface area contributed by atoms with Crippen molar-refractivity contribution in [1.29, 1.82) is 0 Å². The van der Waals surface area contributed by atoms with E-state index in [4.69, 9.17) is 5.14 Å². The number of hydrogen-bond donors (Lipinski definition) is 2. The molecule has 0 aliphatic carbocycles. The van der Waals surface area contributed by atoms with Crippen molar-refractivity contribution in [2.45, 2.75) is 24.1 Å². The van der Waals surface area contributed by atoms with Gasteiger partial charge in [0.1, 0.15) is 17.4 Å². The summed E-state index contributed by atoms with van der Waals surface area (Å²) in [5.41, 5.74) is 2.60. The number of alkyl halides is 3. The first-order chi connectivity index (χ1) is 18.9. The number of benzene rings is 3. The van der Waals surface area contributed by atoms with E-state index in [1.807, 2.05) is 29.2 Å². The van der Waals surface area contributed by atoms with Gasteiger partial charge in [-0.05, 0) is 59.7 Å². The van der Waals surface area contributed by atoms with Gasteiger partial charge in [0.25, 0.3) is 0 Å². The van der Waals surface area contributed by atoms with Crippen molar-refractivity contribution in [3.63, 3.8) is 0 Å². The normalized spacial score (nSPS) is 11.6. The fourth-order valence-corrected chi connectivity index (χ4v) is 4.33. The third-order valence-corrected chi connectivity index (χ3v) is 6.60. The highest BCUT2D eigenvalue weighted by atomic mass is 32.2. The smallest absolute Gasteiger partial charge is 0.406 e. The molecule has 13 heteroatoms. The Morgan fingerprint density at radius 3 is 2.20 bits per heavy atom. The molecule has 40 heavy (non-hydrogen) atoms. The monoisotopic (exact) mass is 571 g/mol. The van der Waals surface area contributed by atoms with Crippen molar-refractivity contribution in [2.24, 2.45) is 5.14 Å². The zero-order valence-electron chi connectivity index (χ0n) is 21.1. The Hall–Kier alpha value is -4.49. The minimum Gasteiger partial charge on any atom is -0.406 e. The van der Waals surface area contributed by atoms with Crippen molar-refractivity contribution >= 4 is 38.9 Å². The molecule has 0 fully saturated rings. The van der Waals surface area contributed by atoms with E-state index in [0.29, 0.717) is 17.1 Å². The SMILES string of the molecule is CN(c1ccc(CC(=O)Cc2ccc(OC(F)(F)F)cc2)cc1)c1ccnc(Nc2cccc(S(N)(=O)=O)c2)n1. The summed E-state index contributed by atoms with van der Waals surface area (Å²) < 4.78 is 64.0. The van der Waals surface area contributed by atoms with Crippen molar-refractivity contribution in [3.8, 4) is 5.75 Å². The zero-order valence-corrected chi connectivity index (χ0v) is 21.9. The minimum absolute atomic E-state index is 0.0437. The van der Waals surface area contributed by atoms with Crippen LogP contribution in [0.1, 0.15) is 11.1 Å². The third kappa shape index (κ3) is 8.01. The quantitative estimate of drug-likeness (QED) is 0.276. The number of rotatable bonds is 10. The molecule has 0 unspecified atom stereocenters. The number of aromatic nitrogens is 2. The van der Waals surface area contributed by atoms with Crippen molar-refractivity contribution in [2.75, 3.05) is 17.3 Å². The number of primary sulfonamides is 1. The van der Waals surface area contributed by atoms with Crippen LogP contribution in [0.15, 0.2) is 90.0 Å². The van der Waals surface area contributed by atoms with Gasteiger partial charge >= 0.3 is 6.36 Å². The molecule has 1 aromatic heterocycles. The van der Waals surface area contributed by atoms with Gasteiger partial charge < -0.3 is 15.0 Å². The van der Waals surface area contributed by atoms with Crippen LogP contribution in [0.5, 0.6) is 5.75 Å². The molecule has 0 bridgehead atoms. The molecule has 3 aromatic carbocycles. The molecule has 4 aromatic rings. The highest BCUT2D eigenvalue weighted by molar-refractivity contribution is 7.89. The molecule has 0 amide bonds. The lowest BCUT2D eigenvalue weighted by molar-refractivity contribution is -0.274. The number of nitrogens with one attached hydrogen (secondary N) is 1. The first-order valence-electron chi connectivity index (χ1n) is 11.8. The largest absolute Gasteiger partial charge is 0.573 e. The Labute approximate surface area is 228 Å². The highest BCUT2D eigenvalue weighted by Gasteiger charge is 2.31. The van der Waals surface area contributed by atoms with Crippen molar-refractivity contribution < 1.29 is 31.1 Å². The lowest BCUT2D eigenvalue weighted by Crippen LogP contribution is -2.17. The van der Waals surface area contributed by atoms with Crippen LogP contribution in [0.4, 0.5) is 36.3 Å². The Balaban J connectivity index is 1.37. The van der Waals surface area contributed by atoms with Crippen LogP contribution in [-0.4, -0.2) is 37.6 Å². The Morgan fingerprint density at radius 2 is 1.60 bits per heavy atom. The molecule has 0 radical (unpaired) electrons. The van der Waals surface area contributed by atoms with Gasteiger partial charge in [-0.15, -0.1) is 13.2 Å². The van der Waals surface area contributed by atoms with E-state index in [9.17, 15) is 26.4 Å². The van der Waals surface area contributed by atoms with Crippen LogP contribution in [0.25, 0.3) is 0 Å². The Kier molecular flexibility index (Phi) is 8.35. The second-order valence-corrected chi connectivity index (χ2v) is 10.3. The average Bonchev–Trinajstić information content (AvgIpc) is 2.89. The summed E-state index contributed by atoms with van der Waals surface area (Å²) in [5.74, 6) is 0.368. The lowest BCUT2D eigenvalue weighted by Gasteiger charge is -2.19. The molecule has 4 rings (SSSR count). The molecule has 1 heterocycles. The third-order valence-electron chi connectivity index (χ3n) is 5.69. The summed E-state index contributed by atoms with van der Waals surface area (Å²) in [6.07, 6.45) is -2.98. The van der Waals surface area contributed by atoms with Crippen LogP contribution in [0.3, 0.4) is 0 Å². The number of sulfonamides is 1. The number of anilines is 4. The van der Waals surface area contributed by atoms with E-state index < -0.39 is 16.4 Å². The van der Waals surface area contributed by atoms with E-state index in [-0.39, 0.29) is 35.2 Å². The van der Waals surface area contributed by atoms with E-state index in [1.54, 1.807) is 31.4 Å². The van der Waals surface area contributed by atoms with Crippen LogP contribution in [0.2, 0.25) is 0 Å². The van der Waals surface area contributed by atoms with E-state index in [0.717, 1.165) is 11.3 Å². The van der Waals surface area contributed by atoms with Crippen LogP contribution in [0, 0.1) is 0 Å². The van der Waals surface area contributed by atoms with Gasteiger partial charge in [0.15, 0.2) is 0 Å². The molecule has 3 N–H and O–H groups in total. The number of Topliss-reactive ketones (excluding diaryl/α,β-unsaturated/α-hetero) is 1. The van der Waals surface area contributed by atoms with Crippen molar-refractivity contribution in [1.82, 2.24) is 9.97 Å². The first-order valence-corrected chi connectivity index (χ1v) is 13.3. The van der Waals surface area contributed by atoms with E-state index in [2.05, 4.69) is 20.0 Å². The second-order valence-electron chi connectivity index (χ2n) is 8.75. The molecule has 0 spiro atoms. The van der Waals surface area contributed by atoms with Crippen molar-refractivity contribution in [3.05, 3.63) is 96.2 Å². The zero-order chi connectivity index (χ0) is 28.9. The van der Waals surface area contributed by atoms with Gasteiger partial charge in [-0.2, -0.15) is 4.98 Å². The van der Waals surface area contributed by atoms with Crippen LogP contribution < -0.4 is 20.1 Å². The molecule has 208 valence electrons. The lowest BCUT2D eigenvalue weighted by atomic mass is 10.0. The van der Waals surface area contributed by atoms with E-state index >= 15 is 0 Å². The van der Waals surface area contributed by atoms with Gasteiger partial charge in [0, 0.05) is 37.5 Å². The van der Waals surface area contributed by atoms with Gasteiger partial charge in [0.2, 0.25) is 16.0 Å². The molecule has 9 nitrogen and oxygen atoms in total. The molecule has 0 aliphatic rings. The second kappa shape index (κ2) is 11.7. The minimum atomic E-state index is -4.77. The summed E-state index contributed by atoms with van der Waals surface area (Å²) in [4.78, 5) is 22.9. The number of carbonyl (C=O) groups excluding carboxylic acids is 1. The van der Waals surface area contributed by atoms with E-state index in [1.165, 1.54) is 36.4 Å². The highest BCUT2D eigenvalue weighted by Crippen LogP contribution is 2.25. The summed E-state index contributed by atoms with van der Waals surface area (Å²) in [7, 11) is -2.05. The molecular formula is C27H24F3N5O4S. The predicted molar refractivity (Wildman–Crippen MR) is 143 cm³/mol. The molecule has 0 atom stereocenters. The van der Waals surface area contributed by atoms with Gasteiger partial charge in [0.05, 0.1) is 4.90 Å². The number of nitrogens with zero attached hydrogens (tertiary/aromatic N) is 3. The predicted octanol–water partition coefficient (Wildman–Crippen LogP) is 4.89. The Bertz CT molecular complexity index is 1600. The average molecular weight is 572 g/mol. The summed E-state index contributed by atoms with van der Waals surface area (Å²) in [5, 5.41) is 8.16. The van der Waals surface area contributed by atoms with Gasteiger partial charge in [-0.1, -0.05) is 30.3 Å².